The number of nitrogens with zero attached hydrogens (tertiary/aromatic N) is 2. The molecule has 0 atom stereocenters. The molecule has 1 fully saturated rings. The lowest BCUT2D eigenvalue weighted by atomic mass is 10.1. The number of urea groups is 1. The molecule has 17 heavy (non-hydrogen) atoms. The fourth-order valence-electron chi connectivity index (χ4n) is 1.92. The molecule has 1 saturated heterocycles. The second-order valence-corrected chi connectivity index (χ2v) is 4.50. The Bertz CT molecular complexity index is 228. The number of hydrogen-bond donors (Lipinski definition) is 1. The predicted octanol–water partition coefficient (Wildman–Crippen LogP) is 0.888. The van der Waals surface area contributed by atoms with Gasteiger partial charge in [0.25, 0.3) is 0 Å². The van der Waals surface area contributed by atoms with E-state index in [1.54, 1.807) is 4.90 Å². The van der Waals surface area contributed by atoms with Crippen LogP contribution in [0, 0.1) is 0 Å². The van der Waals surface area contributed by atoms with Crippen LogP contribution < -0.4 is 5.73 Å². The van der Waals surface area contributed by atoms with E-state index in [0.717, 1.165) is 45.5 Å². The molecule has 100 valence electrons. The fourth-order valence-corrected chi connectivity index (χ4v) is 1.92. The van der Waals surface area contributed by atoms with Crippen molar-refractivity contribution in [2.45, 2.75) is 32.3 Å². The van der Waals surface area contributed by atoms with Gasteiger partial charge in [0, 0.05) is 33.3 Å². The molecule has 0 saturated carbocycles. The predicted molar refractivity (Wildman–Crippen MR) is 67.9 cm³/mol. The standard InChI is InChI=1S/C12H25N3O2/c1-3-14(2)12(16)15-8-5-11(6-9-15)17-10-4-7-13/h11H,3-10,13H2,1-2H3. The van der Waals surface area contributed by atoms with Crippen LogP contribution in [0.4, 0.5) is 4.79 Å². The highest BCUT2D eigenvalue weighted by Gasteiger charge is 2.24. The Kier molecular flexibility index (Phi) is 6.29. The molecule has 0 spiro atoms. The lowest BCUT2D eigenvalue weighted by Gasteiger charge is -2.34. The molecule has 0 radical (unpaired) electrons. The summed E-state index contributed by atoms with van der Waals surface area (Å²) in [5.74, 6) is 0. The van der Waals surface area contributed by atoms with E-state index < -0.39 is 0 Å². The number of likely N-dealkylation sites (tertiary alicyclic amines) is 1. The highest BCUT2D eigenvalue weighted by molar-refractivity contribution is 5.74. The zero-order valence-corrected chi connectivity index (χ0v) is 11.0. The summed E-state index contributed by atoms with van der Waals surface area (Å²) in [5.41, 5.74) is 5.42. The van der Waals surface area contributed by atoms with Gasteiger partial charge in [-0.1, -0.05) is 0 Å². The first-order chi connectivity index (χ1) is 8.19. The Morgan fingerprint density at radius 3 is 2.65 bits per heavy atom. The van der Waals surface area contributed by atoms with E-state index in [1.807, 2.05) is 18.9 Å². The van der Waals surface area contributed by atoms with Gasteiger partial charge >= 0.3 is 6.03 Å². The average molecular weight is 243 g/mol. The monoisotopic (exact) mass is 243 g/mol. The quantitative estimate of drug-likeness (QED) is 0.729. The molecule has 0 aromatic carbocycles. The van der Waals surface area contributed by atoms with Crippen LogP contribution in [0.15, 0.2) is 0 Å². The topological polar surface area (TPSA) is 58.8 Å². The van der Waals surface area contributed by atoms with Crippen LogP contribution in [0.2, 0.25) is 0 Å². The molecule has 1 rings (SSSR count). The second kappa shape index (κ2) is 7.50. The van der Waals surface area contributed by atoms with Gasteiger partial charge in [0.2, 0.25) is 0 Å². The summed E-state index contributed by atoms with van der Waals surface area (Å²) in [7, 11) is 1.84. The number of rotatable bonds is 5. The summed E-state index contributed by atoms with van der Waals surface area (Å²) < 4.78 is 5.71. The van der Waals surface area contributed by atoms with Gasteiger partial charge in [-0.15, -0.1) is 0 Å². The van der Waals surface area contributed by atoms with Crippen molar-refractivity contribution in [3.05, 3.63) is 0 Å². The third kappa shape index (κ3) is 4.52. The molecule has 5 nitrogen and oxygen atoms in total. The first-order valence-electron chi connectivity index (χ1n) is 6.50. The number of carbonyl (C=O) groups is 1. The molecule has 0 aromatic heterocycles. The summed E-state index contributed by atoms with van der Waals surface area (Å²) in [6.45, 7) is 5.77. The zero-order valence-electron chi connectivity index (χ0n) is 11.0. The Hall–Kier alpha value is -0.810. The van der Waals surface area contributed by atoms with Gasteiger partial charge in [-0.05, 0) is 32.7 Å². The van der Waals surface area contributed by atoms with E-state index in [2.05, 4.69) is 0 Å². The molecule has 0 unspecified atom stereocenters. The van der Waals surface area contributed by atoms with Crippen LogP contribution in [-0.4, -0.2) is 61.8 Å². The molecule has 2 amide bonds. The van der Waals surface area contributed by atoms with Gasteiger partial charge in [-0.3, -0.25) is 0 Å². The number of nitrogens with two attached hydrogens (primary N) is 1. The Morgan fingerprint density at radius 2 is 2.12 bits per heavy atom. The van der Waals surface area contributed by atoms with Gasteiger partial charge in [-0.25, -0.2) is 4.79 Å². The highest BCUT2D eigenvalue weighted by atomic mass is 16.5. The van der Waals surface area contributed by atoms with Crippen molar-refractivity contribution in [3.63, 3.8) is 0 Å². The van der Waals surface area contributed by atoms with E-state index in [4.69, 9.17) is 10.5 Å². The summed E-state index contributed by atoms with van der Waals surface area (Å²) in [4.78, 5) is 15.5. The summed E-state index contributed by atoms with van der Waals surface area (Å²) in [6.07, 6.45) is 3.09. The van der Waals surface area contributed by atoms with E-state index >= 15 is 0 Å². The molecule has 1 aliphatic rings. The van der Waals surface area contributed by atoms with Crippen molar-refractivity contribution in [2.24, 2.45) is 5.73 Å². The minimum atomic E-state index is 0.132. The number of ether oxygens (including phenoxy) is 1. The van der Waals surface area contributed by atoms with Crippen molar-refractivity contribution < 1.29 is 9.53 Å². The SMILES string of the molecule is CCN(C)C(=O)N1CCC(OCCCN)CC1. The van der Waals surface area contributed by atoms with Gasteiger partial charge < -0.3 is 20.3 Å². The lowest BCUT2D eigenvalue weighted by molar-refractivity contribution is 0.0121. The zero-order chi connectivity index (χ0) is 12.7. The number of amides is 2. The maximum atomic E-state index is 11.9. The van der Waals surface area contributed by atoms with E-state index in [9.17, 15) is 4.79 Å². The van der Waals surface area contributed by atoms with E-state index in [-0.39, 0.29) is 6.03 Å². The summed E-state index contributed by atoms with van der Waals surface area (Å²) in [5, 5.41) is 0. The molecule has 0 aromatic rings. The van der Waals surface area contributed by atoms with Crippen LogP contribution in [0.5, 0.6) is 0 Å². The minimum Gasteiger partial charge on any atom is -0.378 e. The van der Waals surface area contributed by atoms with E-state index in [1.165, 1.54) is 0 Å². The first-order valence-corrected chi connectivity index (χ1v) is 6.50. The normalized spacial score (nSPS) is 17.2. The fraction of sp³-hybridized carbons (Fsp3) is 0.917. The van der Waals surface area contributed by atoms with Crippen LogP contribution in [0.1, 0.15) is 26.2 Å². The van der Waals surface area contributed by atoms with Crippen molar-refractivity contribution in [3.8, 4) is 0 Å². The van der Waals surface area contributed by atoms with Gasteiger partial charge in [0.15, 0.2) is 0 Å². The number of hydrogen-bond acceptors (Lipinski definition) is 3. The first kappa shape index (κ1) is 14.3. The van der Waals surface area contributed by atoms with Crippen molar-refractivity contribution in [2.75, 3.05) is 39.8 Å². The van der Waals surface area contributed by atoms with Gasteiger partial charge in [-0.2, -0.15) is 0 Å². The molecule has 0 bridgehead atoms. The molecule has 5 heteroatoms. The van der Waals surface area contributed by atoms with E-state index in [0.29, 0.717) is 12.6 Å². The third-order valence-electron chi connectivity index (χ3n) is 3.22. The van der Waals surface area contributed by atoms with Gasteiger partial charge in [0.05, 0.1) is 6.10 Å². The second-order valence-electron chi connectivity index (χ2n) is 4.50. The van der Waals surface area contributed by atoms with Crippen LogP contribution in [-0.2, 0) is 4.74 Å². The maximum absolute atomic E-state index is 11.9. The minimum absolute atomic E-state index is 0.132. The van der Waals surface area contributed by atoms with Crippen molar-refractivity contribution in [1.29, 1.82) is 0 Å². The van der Waals surface area contributed by atoms with Crippen molar-refractivity contribution >= 4 is 6.03 Å². The largest absolute Gasteiger partial charge is 0.378 e. The summed E-state index contributed by atoms with van der Waals surface area (Å²) in [6, 6.07) is 0.132. The Morgan fingerprint density at radius 1 is 1.47 bits per heavy atom. The summed E-state index contributed by atoms with van der Waals surface area (Å²) >= 11 is 0. The number of carbonyl (C=O) groups excluding carboxylic acids is 1. The molecule has 1 aliphatic heterocycles. The van der Waals surface area contributed by atoms with Crippen molar-refractivity contribution in [1.82, 2.24) is 9.80 Å². The Balaban J connectivity index is 2.23. The molecule has 2 N–H and O–H groups in total. The smallest absolute Gasteiger partial charge is 0.319 e. The van der Waals surface area contributed by atoms with Crippen LogP contribution >= 0.6 is 0 Å². The van der Waals surface area contributed by atoms with Gasteiger partial charge in [0.1, 0.15) is 0 Å². The maximum Gasteiger partial charge on any atom is 0.319 e. The average Bonchev–Trinajstić information content (AvgIpc) is 2.38. The Labute approximate surface area is 104 Å². The third-order valence-corrected chi connectivity index (χ3v) is 3.22. The highest BCUT2D eigenvalue weighted by Crippen LogP contribution is 2.15. The lowest BCUT2D eigenvalue weighted by Crippen LogP contribution is -2.46. The number of piperidine rings is 1. The molecule has 1 heterocycles. The van der Waals surface area contributed by atoms with Crippen LogP contribution in [0.3, 0.4) is 0 Å². The molecular formula is C12H25N3O2. The van der Waals surface area contributed by atoms with Crippen LogP contribution in [0.25, 0.3) is 0 Å². The molecular weight excluding hydrogens is 218 g/mol. The molecule has 0 aliphatic carbocycles.